The number of aryl methyl sites for hydroxylation is 1. The normalized spacial score (nSPS) is 13.4. The lowest BCUT2D eigenvalue weighted by atomic mass is 9.86. The van der Waals surface area contributed by atoms with Crippen molar-refractivity contribution in [3.05, 3.63) is 29.3 Å². The second-order valence-electron chi connectivity index (χ2n) is 6.21. The van der Waals surface area contributed by atoms with E-state index in [0.717, 1.165) is 25.3 Å². The van der Waals surface area contributed by atoms with Crippen LogP contribution in [0.1, 0.15) is 52.2 Å². The smallest absolute Gasteiger partial charge is 0.123 e. The summed E-state index contributed by atoms with van der Waals surface area (Å²) in [5.74, 6) is 1.04. The van der Waals surface area contributed by atoms with E-state index < -0.39 is 0 Å². The lowest BCUT2D eigenvalue weighted by molar-refractivity contribution is 0.190. The molecule has 0 bridgehead atoms. The Morgan fingerprint density at radius 1 is 1.21 bits per heavy atom. The number of nitrogens with one attached hydrogen (secondary N) is 1. The van der Waals surface area contributed by atoms with Crippen molar-refractivity contribution in [3.63, 3.8) is 0 Å². The van der Waals surface area contributed by atoms with Crippen molar-refractivity contribution >= 4 is 0 Å². The predicted octanol–water partition coefficient (Wildman–Crippen LogP) is 4.06. The van der Waals surface area contributed by atoms with Crippen LogP contribution in [-0.4, -0.2) is 19.2 Å². The number of benzene rings is 1. The zero-order chi connectivity index (χ0) is 14.5. The Morgan fingerprint density at radius 2 is 1.89 bits per heavy atom. The molecule has 2 nitrogen and oxygen atoms in total. The minimum Gasteiger partial charge on any atom is -0.489 e. The van der Waals surface area contributed by atoms with Crippen LogP contribution in [0.2, 0.25) is 0 Å². The summed E-state index contributed by atoms with van der Waals surface area (Å²) < 4.78 is 6.24. The van der Waals surface area contributed by atoms with Crippen LogP contribution in [-0.2, 0) is 5.41 Å². The van der Waals surface area contributed by atoms with Gasteiger partial charge in [-0.1, -0.05) is 46.8 Å². The zero-order valence-electron chi connectivity index (χ0n) is 13.3. The summed E-state index contributed by atoms with van der Waals surface area (Å²) in [5, 5.41) is 3.37. The third kappa shape index (κ3) is 4.87. The average molecular weight is 263 g/mol. The number of hydrogen-bond donors (Lipinski definition) is 1. The standard InChI is InChI=1S/C17H29NO/c1-7-14(12-18-8-2)19-16-11-13(3)9-10-15(16)17(4,5)6/h9-11,14,18H,7-8,12H2,1-6H3. The SMILES string of the molecule is CCNCC(CC)Oc1cc(C)ccc1C(C)(C)C. The van der Waals surface area contributed by atoms with E-state index in [1.54, 1.807) is 0 Å². The van der Waals surface area contributed by atoms with Crippen LogP contribution in [0.5, 0.6) is 5.75 Å². The van der Waals surface area contributed by atoms with E-state index in [9.17, 15) is 0 Å². The quantitative estimate of drug-likeness (QED) is 0.835. The molecule has 0 aliphatic rings. The Hall–Kier alpha value is -1.02. The van der Waals surface area contributed by atoms with Gasteiger partial charge in [-0.15, -0.1) is 0 Å². The van der Waals surface area contributed by atoms with Crippen LogP contribution in [0.15, 0.2) is 18.2 Å². The highest BCUT2D eigenvalue weighted by molar-refractivity contribution is 5.41. The van der Waals surface area contributed by atoms with Crippen molar-refractivity contribution < 1.29 is 4.74 Å². The van der Waals surface area contributed by atoms with Crippen LogP contribution in [0.25, 0.3) is 0 Å². The molecule has 1 N–H and O–H groups in total. The summed E-state index contributed by atoms with van der Waals surface area (Å²) in [7, 11) is 0. The van der Waals surface area contributed by atoms with Gasteiger partial charge < -0.3 is 10.1 Å². The van der Waals surface area contributed by atoms with E-state index in [-0.39, 0.29) is 11.5 Å². The molecule has 1 aromatic carbocycles. The van der Waals surface area contributed by atoms with Gasteiger partial charge in [-0.3, -0.25) is 0 Å². The van der Waals surface area contributed by atoms with Gasteiger partial charge in [-0.05, 0) is 42.5 Å². The molecule has 0 amide bonds. The van der Waals surface area contributed by atoms with Gasteiger partial charge in [-0.2, -0.15) is 0 Å². The molecule has 1 rings (SSSR count). The van der Waals surface area contributed by atoms with E-state index in [2.05, 4.69) is 65.1 Å². The number of likely N-dealkylation sites (N-methyl/N-ethyl adjacent to an activating group) is 1. The first-order valence-electron chi connectivity index (χ1n) is 7.37. The zero-order valence-corrected chi connectivity index (χ0v) is 13.3. The van der Waals surface area contributed by atoms with E-state index in [4.69, 9.17) is 4.74 Å². The molecule has 19 heavy (non-hydrogen) atoms. The number of ether oxygens (including phenoxy) is 1. The summed E-state index contributed by atoms with van der Waals surface area (Å²) in [4.78, 5) is 0. The molecule has 0 aromatic heterocycles. The maximum atomic E-state index is 6.24. The van der Waals surface area contributed by atoms with Crippen LogP contribution in [0.3, 0.4) is 0 Å². The third-order valence-electron chi connectivity index (χ3n) is 3.32. The number of hydrogen-bond acceptors (Lipinski definition) is 2. The van der Waals surface area contributed by atoms with Gasteiger partial charge in [0.25, 0.3) is 0 Å². The maximum Gasteiger partial charge on any atom is 0.123 e. The Kier molecular flexibility index (Phi) is 5.86. The molecule has 0 spiro atoms. The van der Waals surface area contributed by atoms with Gasteiger partial charge in [-0.25, -0.2) is 0 Å². The van der Waals surface area contributed by atoms with Crippen LogP contribution < -0.4 is 10.1 Å². The summed E-state index contributed by atoms with van der Waals surface area (Å²) in [5.41, 5.74) is 2.65. The molecule has 0 saturated heterocycles. The Balaban J connectivity index is 2.94. The monoisotopic (exact) mass is 263 g/mol. The van der Waals surface area contributed by atoms with Crippen molar-refractivity contribution in [2.24, 2.45) is 0 Å². The molecule has 108 valence electrons. The minimum absolute atomic E-state index is 0.111. The maximum absolute atomic E-state index is 6.24. The molecule has 1 atom stereocenters. The highest BCUT2D eigenvalue weighted by Crippen LogP contribution is 2.32. The molecular weight excluding hydrogens is 234 g/mol. The molecule has 0 heterocycles. The molecular formula is C17H29NO. The van der Waals surface area contributed by atoms with Crippen molar-refractivity contribution in [2.75, 3.05) is 13.1 Å². The Labute approximate surface area is 118 Å². The highest BCUT2D eigenvalue weighted by Gasteiger charge is 2.20. The van der Waals surface area contributed by atoms with Crippen LogP contribution >= 0.6 is 0 Å². The summed E-state index contributed by atoms with van der Waals surface area (Å²) in [6, 6.07) is 6.53. The molecule has 1 aromatic rings. The van der Waals surface area contributed by atoms with Crippen molar-refractivity contribution in [1.82, 2.24) is 5.32 Å². The van der Waals surface area contributed by atoms with Gasteiger partial charge in [0.2, 0.25) is 0 Å². The molecule has 0 radical (unpaired) electrons. The van der Waals surface area contributed by atoms with Gasteiger partial charge in [0.05, 0.1) is 0 Å². The number of rotatable bonds is 6. The molecule has 2 heteroatoms. The third-order valence-corrected chi connectivity index (χ3v) is 3.32. The summed E-state index contributed by atoms with van der Waals surface area (Å²) >= 11 is 0. The highest BCUT2D eigenvalue weighted by atomic mass is 16.5. The topological polar surface area (TPSA) is 21.3 Å². The Morgan fingerprint density at radius 3 is 2.42 bits per heavy atom. The lowest BCUT2D eigenvalue weighted by Gasteiger charge is -2.26. The van der Waals surface area contributed by atoms with Crippen molar-refractivity contribution in [2.45, 2.75) is 59.5 Å². The molecule has 0 fully saturated rings. The summed E-state index contributed by atoms with van der Waals surface area (Å²) in [6.07, 6.45) is 1.26. The molecule has 0 aliphatic heterocycles. The van der Waals surface area contributed by atoms with Crippen LogP contribution in [0.4, 0.5) is 0 Å². The van der Waals surface area contributed by atoms with E-state index >= 15 is 0 Å². The fourth-order valence-electron chi connectivity index (χ4n) is 2.10. The fraction of sp³-hybridized carbons (Fsp3) is 0.647. The summed E-state index contributed by atoms with van der Waals surface area (Å²) in [6.45, 7) is 15.0. The predicted molar refractivity (Wildman–Crippen MR) is 83.1 cm³/mol. The average Bonchev–Trinajstić information content (AvgIpc) is 2.32. The minimum atomic E-state index is 0.111. The van der Waals surface area contributed by atoms with Gasteiger partial charge >= 0.3 is 0 Å². The first-order chi connectivity index (χ1) is 8.88. The van der Waals surface area contributed by atoms with Gasteiger partial charge in [0.1, 0.15) is 11.9 Å². The van der Waals surface area contributed by atoms with Crippen molar-refractivity contribution in [3.8, 4) is 5.75 Å². The van der Waals surface area contributed by atoms with E-state index in [1.165, 1.54) is 11.1 Å². The largest absolute Gasteiger partial charge is 0.489 e. The first-order valence-corrected chi connectivity index (χ1v) is 7.37. The van der Waals surface area contributed by atoms with Gasteiger partial charge in [0.15, 0.2) is 0 Å². The lowest BCUT2D eigenvalue weighted by Crippen LogP contribution is -2.31. The second kappa shape index (κ2) is 6.95. The molecule has 1 unspecified atom stereocenters. The van der Waals surface area contributed by atoms with Gasteiger partial charge in [0, 0.05) is 6.54 Å². The fourth-order valence-corrected chi connectivity index (χ4v) is 2.10. The van der Waals surface area contributed by atoms with E-state index in [0.29, 0.717) is 0 Å². The molecule has 0 saturated carbocycles. The van der Waals surface area contributed by atoms with Crippen LogP contribution in [0, 0.1) is 6.92 Å². The second-order valence-corrected chi connectivity index (χ2v) is 6.21. The molecule has 0 aliphatic carbocycles. The Bertz CT molecular complexity index is 393. The van der Waals surface area contributed by atoms with Crippen molar-refractivity contribution in [1.29, 1.82) is 0 Å². The van der Waals surface area contributed by atoms with E-state index in [1.807, 2.05) is 0 Å². The first kappa shape index (κ1) is 16.0.